The molecule has 1 amide bonds. The van der Waals surface area contributed by atoms with Gasteiger partial charge in [-0.1, -0.05) is 18.2 Å². The van der Waals surface area contributed by atoms with E-state index in [-0.39, 0.29) is 16.8 Å². The van der Waals surface area contributed by atoms with Gasteiger partial charge in [-0.2, -0.15) is 0 Å². The minimum atomic E-state index is -0.763. The Bertz CT molecular complexity index is 819. The van der Waals surface area contributed by atoms with E-state index in [4.69, 9.17) is 0 Å². The Labute approximate surface area is 119 Å². The first-order valence-electron chi connectivity index (χ1n) is 6.25. The predicted octanol–water partition coefficient (Wildman–Crippen LogP) is 3.77. The van der Waals surface area contributed by atoms with E-state index in [1.807, 2.05) is 0 Å². The summed E-state index contributed by atoms with van der Waals surface area (Å²) in [7, 11) is 0. The lowest BCUT2D eigenvalue weighted by atomic mass is 10.1. The summed E-state index contributed by atoms with van der Waals surface area (Å²) >= 11 is 0. The number of fused-ring (bicyclic) bond motifs is 1. The van der Waals surface area contributed by atoms with Crippen molar-refractivity contribution >= 4 is 22.5 Å². The van der Waals surface area contributed by atoms with Crippen molar-refractivity contribution in [2.75, 3.05) is 5.32 Å². The molecule has 3 rings (SSSR count). The van der Waals surface area contributed by atoms with Gasteiger partial charge in [0.15, 0.2) is 5.82 Å². The minimum Gasteiger partial charge on any atom is -0.321 e. The first kappa shape index (κ1) is 13.2. The summed E-state index contributed by atoms with van der Waals surface area (Å²) in [5, 5.41) is 2.86. The average molecular weight is 284 g/mol. The third kappa shape index (κ3) is 2.58. The van der Waals surface area contributed by atoms with E-state index < -0.39 is 11.6 Å². The molecular weight excluding hydrogens is 274 g/mol. The Morgan fingerprint density at radius 2 is 1.81 bits per heavy atom. The number of amides is 1. The summed E-state index contributed by atoms with van der Waals surface area (Å²) in [5.74, 6) is -1.84. The molecule has 1 aromatic heterocycles. The number of nitrogens with zero attached hydrogens (tertiary/aromatic N) is 1. The van der Waals surface area contributed by atoms with Crippen LogP contribution in [0.15, 0.2) is 54.7 Å². The molecule has 0 radical (unpaired) electrons. The molecule has 0 bridgehead atoms. The van der Waals surface area contributed by atoms with Crippen LogP contribution in [0.1, 0.15) is 10.4 Å². The molecule has 0 saturated carbocycles. The quantitative estimate of drug-likeness (QED) is 0.778. The Hall–Kier alpha value is -2.82. The minimum absolute atomic E-state index is 0.0160. The van der Waals surface area contributed by atoms with Crippen molar-refractivity contribution in [1.29, 1.82) is 0 Å². The van der Waals surface area contributed by atoms with Crippen LogP contribution in [-0.2, 0) is 0 Å². The molecule has 0 aliphatic heterocycles. The lowest BCUT2D eigenvalue weighted by Crippen LogP contribution is -2.12. The van der Waals surface area contributed by atoms with E-state index >= 15 is 0 Å². The molecule has 0 unspecified atom stereocenters. The molecule has 0 aliphatic carbocycles. The first-order chi connectivity index (χ1) is 10.1. The summed E-state index contributed by atoms with van der Waals surface area (Å²) in [6.45, 7) is 0. The van der Waals surface area contributed by atoms with Gasteiger partial charge in [-0.25, -0.2) is 8.78 Å². The van der Waals surface area contributed by atoms with Gasteiger partial charge in [0.1, 0.15) is 11.3 Å². The lowest BCUT2D eigenvalue weighted by molar-refractivity contribution is 0.102. The van der Waals surface area contributed by atoms with Crippen molar-refractivity contribution in [2.24, 2.45) is 0 Å². The maximum absolute atomic E-state index is 13.7. The largest absolute Gasteiger partial charge is 0.321 e. The number of nitrogens with one attached hydrogen (secondary N) is 1. The second-order valence-electron chi connectivity index (χ2n) is 4.46. The number of carbonyl (C=O) groups is 1. The summed E-state index contributed by atoms with van der Waals surface area (Å²) in [6, 6.07) is 12.0. The fourth-order valence-corrected chi connectivity index (χ4v) is 2.07. The molecular formula is C16H10F2N2O. The molecule has 1 heterocycles. The van der Waals surface area contributed by atoms with Crippen molar-refractivity contribution in [3.63, 3.8) is 0 Å². The topological polar surface area (TPSA) is 42.0 Å². The van der Waals surface area contributed by atoms with Crippen molar-refractivity contribution in [3.05, 3.63) is 71.9 Å². The molecule has 0 saturated heterocycles. The smallest absolute Gasteiger partial charge is 0.255 e. The molecule has 104 valence electrons. The number of benzene rings is 2. The van der Waals surface area contributed by atoms with Gasteiger partial charge in [0.25, 0.3) is 5.91 Å². The highest BCUT2D eigenvalue weighted by Crippen LogP contribution is 2.25. The fourth-order valence-electron chi connectivity index (χ4n) is 2.07. The standard InChI is InChI=1S/C16H10F2N2O/c17-11-8-12-14(6-7-19-15(12)13(18)9-11)20-16(21)10-4-2-1-3-5-10/h1-9H,(H,19,20,21). The molecule has 2 aromatic carbocycles. The van der Waals surface area contributed by atoms with Crippen LogP contribution in [0.2, 0.25) is 0 Å². The van der Waals surface area contributed by atoms with Gasteiger partial charge in [-0.15, -0.1) is 0 Å². The Balaban J connectivity index is 2.03. The number of carbonyl (C=O) groups excluding carboxylic acids is 1. The number of pyridine rings is 1. The van der Waals surface area contributed by atoms with Crippen LogP contribution < -0.4 is 5.32 Å². The molecule has 3 aromatic rings. The average Bonchev–Trinajstić information content (AvgIpc) is 2.49. The van der Waals surface area contributed by atoms with E-state index in [0.717, 1.165) is 12.1 Å². The van der Waals surface area contributed by atoms with Crippen LogP contribution in [0.5, 0.6) is 0 Å². The van der Waals surface area contributed by atoms with Crippen molar-refractivity contribution in [3.8, 4) is 0 Å². The highest BCUT2D eigenvalue weighted by atomic mass is 19.1. The van der Waals surface area contributed by atoms with Crippen LogP contribution in [0, 0.1) is 11.6 Å². The Morgan fingerprint density at radius 1 is 1.05 bits per heavy atom. The molecule has 1 N–H and O–H groups in total. The van der Waals surface area contributed by atoms with Gasteiger partial charge in [-0.3, -0.25) is 9.78 Å². The fraction of sp³-hybridized carbons (Fsp3) is 0. The highest BCUT2D eigenvalue weighted by Gasteiger charge is 2.12. The van der Waals surface area contributed by atoms with E-state index in [1.54, 1.807) is 30.3 Å². The number of halogens is 2. The third-order valence-corrected chi connectivity index (χ3v) is 3.05. The number of hydrogen-bond acceptors (Lipinski definition) is 2. The van der Waals surface area contributed by atoms with Crippen LogP contribution in [0.4, 0.5) is 14.5 Å². The van der Waals surface area contributed by atoms with Crippen LogP contribution in [0.25, 0.3) is 10.9 Å². The zero-order chi connectivity index (χ0) is 14.8. The summed E-state index contributed by atoms with van der Waals surface area (Å²) in [5.41, 5.74) is 0.786. The van der Waals surface area contributed by atoms with Gasteiger partial charge in [0, 0.05) is 23.2 Å². The number of anilines is 1. The second kappa shape index (κ2) is 5.28. The molecule has 21 heavy (non-hydrogen) atoms. The van der Waals surface area contributed by atoms with E-state index in [0.29, 0.717) is 11.3 Å². The number of hydrogen-bond donors (Lipinski definition) is 1. The first-order valence-corrected chi connectivity index (χ1v) is 6.25. The maximum atomic E-state index is 13.7. The van der Waals surface area contributed by atoms with Crippen LogP contribution in [0.3, 0.4) is 0 Å². The molecule has 5 heteroatoms. The van der Waals surface area contributed by atoms with Gasteiger partial charge < -0.3 is 5.32 Å². The molecule has 3 nitrogen and oxygen atoms in total. The highest BCUT2D eigenvalue weighted by molar-refractivity contribution is 6.08. The van der Waals surface area contributed by atoms with Crippen molar-refractivity contribution in [1.82, 2.24) is 4.98 Å². The Morgan fingerprint density at radius 3 is 2.57 bits per heavy atom. The van der Waals surface area contributed by atoms with Gasteiger partial charge in [0.2, 0.25) is 0 Å². The molecule has 0 atom stereocenters. The summed E-state index contributed by atoms with van der Waals surface area (Å²) in [6.07, 6.45) is 1.37. The van der Waals surface area contributed by atoms with Gasteiger partial charge >= 0.3 is 0 Å². The maximum Gasteiger partial charge on any atom is 0.255 e. The molecule has 0 aliphatic rings. The van der Waals surface area contributed by atoms with Crippen molar-refractivity contribution < 1.29 is 13.6 Å². The van der Waals surface area contributed by atoms with Gasteiger partial charge in [0.05, 0.1) is 5.69 Å². The monoisotopic (exact) mass is 284 g/mol. The van der Waals surface area contributed by atoms with Crippen LogP contribution >= 0.6 is 0 Å². The Kier molecular flexibility index (Phi) is 3.31. The zero-order valence-corrected chi connectivity index (χ0v) is 10.8. The van der Waals surface area contributed by atoms with Crippen molar-refractivity contribution in [2.45, 2.75) is 0 Å². The van der Waals surface area contributed by atoms with E-state index in [2.05, 4.69) is 10.3 Å². The number of rotatable bonds is 2. The predicted molar refractivity (Wildman–Crippen MR) is 76.1 cm³/mol. The van der Waals surface area contributed by atoms with E-state index in [1.165, 1.54) is 12.3 Å². The molecule has 0 fully saturated rings. The second-order valence-corrected chi connectivity index (χ2v) is 4.46. The lowest BCUT2D eigenvalue weighted by Gasteiger charge is -2.09. The van der Waals surface area contributed by atoms with Crippen LogP contribution in [-0.4, -0.2) is 10.9 Å². The zero-order valence-electron chi connectivity index (χ0n) is 10.8. The molecule has 0 spiro atoms. The summed E-state index contributed by atoms with van der Waals surface area (Å²) in [4.78, 5) is 16.0. The SMILES string of the molecule is O=C(Nc1ccnc2c(F)cc(F)cc12)c1ccccc1. The normalized spacial score (nSPS) is 10.6. The third-order valence-electron chi connectivity index (χ3n) is 3.05. The van der Waals surface area contributed by atoms with E-state index in [9.17, 15) is 13.6 Å². The summed E-state index contributed by atoms with van der Waals surface area (Å²) < 4.78 is 27.0. The number of aromatic nitrogens is 1. The van der Waals surface area contributed by atoms with Gasteiger partial charge in [-0.05, 0) is 24.3 Å².